The first-order valence-electron chi connectivity index (χ1n) is 5.33. The Bertz CT molecular complexity index is 277. The summed E-state index contributed by atoms with van der Waals surface area (Å²) in [5, 5.41) is 1.39. The molecule has 14 heavy (non-hydrogen) atoms. The first-order valence-corrected chi connectivity index (χ1v) is 8.24. The van der Waals surface area contributed by atoms with Gasteiger partial charge in [-0.3, -0.25) is 0 Å². The molecule has 0 unspecified atom stereocenters. The average Bonchev–Trinajstić information content (AvgIpc) is 2.18. The Kier molecular flexibility index (Phi) is 3.90. The molecule has 1 aromatic rings. The third kappa shape index (κ3) is 2.69. The van der Waals surface area contributed by atoms with Crippen molar-refractivity contribution in [3.63, 3.8) is 0 Å². The standard InChI is InChI=1S/C12H20OSi/c1-5-11-7-9-12(10-8-11)14(3,4)13-6-2/h7-10H,5-6H2,1-4H3. The van der Waals surface area contributed by atoms with Gasteiger partial charge >= 0.3 is 0 Å². The maximum absolute atomic E-state index is 5.83. The summed E-state index contributed by atoms with van der Waals surface area (Å²) in [6.45, 7) is 9.55. The fourth-order valence-electron chi connectivity index (χ4n) is 1.59. The minimum atomic E-state index is -1.62. The summed E-state index contributed by atoms with van der Waals surface area (Å²) in [6.07, 6.45) is 1.11. The van der Waals surface area contributed by atoms with E-state index in [0.29, 0.717) is 0 Å². The van der Waals surface area contributed by atoms with E-state index in [4.69, 9.17) is 4.43 Å². The Morgan fingerprint density at radius 1 is 1.07 bits per heavy atom. The molecule has 0 saturated heterocycles. The fourth-order valence-corrected chi connectivity index (χ4v) is 3.44. The Labute approximate surface area is 88.2 Å². The zero-order chi connectivity index (χ0) is 10.6. The molecule has 0 fully saturated rings. The predicted octanol–water partition coefficient (Wildman–Crippen LogP) is 2.70. The summed E-state index contributed by atoms with van der Waals surface area (Å²) in [5.41, 5.74) is 1.40. The van der Waals surface area contributed by atoms with Gasteiger partial charge in [0.05, 0.1) is 0 Å². The van der Waals surface area contributed by atoms with Gasteiger partial charge < -0.3 is 4.43 Å². The van der Waals surface area contributed by atoms with Crippen LogP contribution in [0, 0.1) is 0 Å². The smallest absolute Gasteiger partial charge is 0.218 e. The van der Waals surface area contributed by atoms with E-state index >= 15 is 0 Å². The first kappa shape index (κ1) is 11.5. The third-order valence-corrected chi connectivity index (χ3v) is 5.30. The summed E-state index contributed by atoms with van der Waals surface area (Å²) in [4.78, 5) is 0. The SMILES string of the molecule is CCO[Si](C)(C)c1ccc(CC)cc1. The summed E-state index contributed by atoms with van der Waals surface area (Å²) in [5.74, 6) is 0. The lowest BCUT2D eigenvalue weighted by Gasteiger charge is -2.22. The lowest BCUT2D eigenvalue weighted by atomic mass is 10.2. The highest BCUT2D eigenvalue weighted by molar-refractivity contribution is 6.84. The van der Waals surface area contributed by atoms with E-state index in [-0.39, 0.29) is 0 Å². The van der Waals surface area contributed by atoms with Crippen LogP contribution < -0.4 is 5.19 Å². The molecular formula is C12H20OSi. The number of hydrogen-bond donors (Lipinski definition) is 0. The molecule has 0 spiro atoms. The highest BCUT2D eigenvalue weighted by Crippen LogP contribution is 2.07. The maximum Gasteiger partial charge on any atom is 0.218 e. The maximum atomic E-state index is 5.83. The van der Waals surface area contributed by atoms with E-state index in [1.54, 1.807) is 0 Å². The van der Waals surface area contributed by atoms with E-state index in [0.717, 1.165) is 13.0 Å². The van der Waals surface area contributed by atoms with Gasteiger partial charge in [0.2, 0.25) is 8.32 Å². The van der Waals surface area contributed by atoms with Crippen molar-refractivity contribution in [1.82, 2.24) is 0 Å². The van der Waals surface area contributed by atoms with E-state index in [1.807, 2.05) is 0 Å². The van der Waals surface area contributed by atoms with Gasteiger partial charge in [0, 0.05) is 6.61 Å². The molecule has 0 aromatic heterocycles. The monoisotopic (exact) mass is 208 g/mol. The Hall–Kier alpha value is -0.603. The van der Waals surface area contributed by atoms with Crippen LogP contribution in [0.15, 0.2) is 24.3 Å². The third-order valence-electron chi connectivity index (χ3n) is 2.56. The molecule has 0 bridgehead atoms. The summed E-state index contributed by atoms with van der Waals surface area (Å²) in [7, 11) is -1.62. The van der Waals surface area contributed by atoms with Crippen LogP contribution in [-0.2, 0) is 10.8 Å². The molecule has 0 aliphatic heterocycles. The molecule has 0 heterocycles. The van der Waals surface area contributed by atoms with E-state index in [2.05, 4.69) is 51.2 Å². The highest BCUT2D eigenvalue weighted by atomic mass is 28.4. The second-order valence-corrected chi connectivity index (χ2v) is 7.88. The van der Waals surface area contributed by atoms with Gasteiger partial charge in [-0.2, -0.15) is 0 Å². The van der Waals surface area contributed by atoms with Crippen LogP contribution in [0.25, 0.3) is 0 Å². The molecule has 1 aromatic carbocycles. The Morgan fingerprint density at radius 3 is 2.07 bits per heavy atom. The van der Waals surface area contributed by atoms with Crippen LogP contribution in [0.2, 0.25) is 13.1 Å². The summed E-state index contributed by atoms with van der Waals surface area (Å²) >= 11 is 0. The second-order valence-electron chi connectivity index (χ2n) is 3.99. The van der Waals surface area contributed by atoms with Crippen LogP contribution in [0.3, 0.4) is 0 Å². The minimum Gasteiger partial charge on any atom is -0.413 e. The van der Waals surface area contributed by atoms with Crippen molar-refractivity contribution in [2.24, 2.45) is 0 Å². The normalized spacial score (nSPS) is 11.7. The predicted molar refractivity (Wildman–Crippen MR) is 64.6 cm³/mol. The van der Waals surface area contributed by atoms with Crippen LogP contribution in [0.4, 0.5) is 0 Å². The summed E-state index contributed by atoms with van der Waals surface area (Å²) < 4.78 is 5.83. The van der Waals surface area contributed by atoms with Crippen LogP contribution in [0.1, 0.15) is 19.4 Å². The van der Waals surface area contributed by atoms with E-state index in [1.165, 1.54) is 10.8 Å². The van der Waals surface area contributed by atoms with Gasteiger partial charge in [-0.25, -0.2) is 0 Å². The van der Waals surface area contributed by atoms with E-state index in [9.17, 15) is 0 Å². The number of benzene rings is 1. The Morgan fingerprint density at radius 2 is 1.64 bits per heavy atom. The first-order chi connectivity index (χ1) is 6.60. The van der Waals surface area contributed by atoms with Crippen molar-refractivity contribution in [1.29, 1.82) is 0 Å². The molecule has 0 aliphatic carbocycles. The van der Waals surface area contributed by atoms with Crippen molar-refractivity contribution in [2.75, 3.05) is 6.61 Å². The van der Waals surface area contributed by atoms with Crippen molar-refractivity contribution in [2.45, 2.75) is 33.4 Å². The molecular weight excluding hydrogens is 188 g/mol. The van der Waals surface area contributed by atoms with Crippen LogP contribution in [-0.4, -0.2) is 14.9 Å². The number of rotatable bonds is 4. The molecule has 0 amide bonds. The van der Waals surface area contributed by atoms with Crippen LogP contribution >= 0.6 is 0 Å². The van der Waals surface area contributed by atoms with E-state index < -0.39 is 8.32 Å². The van der Waals surface area contributed by atoms with Gasteiger partial charge in [-0.15, -0.1) is 0 Å². The Balaban J connectivity index is 2.85. The average molecular weight is 208 g/mol. The zero-order valence-electron chi connectivity index (χ0n) is 9.63. The van der Waals surface area contributed by atoms with Gasteiger partial charge in [-0.1, -0.05) is 31.2 Å². The van der Waals surface area contributed by atoms with Gasteiger partial charge in [-0.05, 0) is 37.2 Å². The lowest BCUT2D eigenvalue weighted by molar-refractivity contribution is 0.339. The molecule has 0 N–H and O–H groups in total. The van der Waals surface area contributed by atoms with Crippen molar-refractivity contribution < 1.29 is 4.43 Å². The lowest BCUT2D eigenvalue weighted by Crippen LogP contribution is -2.44. The molecule has 1 nitrogen and oxygen atoms in total. The van der Waals surface area contributed by atoms with Gasteiger partial charge in [0.15, 0.2) is 0 Å². The highest BCUT2D eigenvalue weighted by Gasteiger charge is 2.23. The van der Waals surface area contributed by atoms with Crippen molar-refractivity contribution >= 4 is 13.5 Å². The largest absolute Gasteiger partial charge is 0.413 e. The molecule has 2 heteroatoms. The fraction of sp³-hybridized carbons (Fsp3) is 0.500. The second kappa shape index (κ2) is 4.76. The molecule has 0 saturated carbocycles. The molecule has 78 valence electrons. The number of aryl methyl sites for hydroxylation is 1. The molecule has 1 rings (SSSR count). The van der Waals surface area contributed by atoms with Gasteiger partial charge in [0.25, 0.3) is 0 Å². The quantitative estimate of drug-likeness (QED) is 0.691. The minimum absolute atomic E-state index is 0.814. The topological polar surface area (TPSA) is 9.23 Å². The van der Waals surface area contributed by atoms with Gasteiger partial charge in [0.1, 0.15) is 0 Å². The molecule has 0 atom stereocenters. The number of hydrogen-bond acceptors (Lipinski definition) is 1. The van der Waals surface area contributed by atoms with Crippen molar-refractivity contribution in [3.05, 3.63) is 29.8 Å². The van der Waals surface area contributed by atoms with Crippen LogP contribution in [0.5, 0.6) is 0 Å². The summed E-state index contributed by atoms with van der Waals surface area (Å²) in [6, 6.07) is 8.87. The zero-order valence-corrected chi connectivity index (χ0v) is 10.6. The van der Waals surface area contributed by atoms with Crippen molar-refractivity contribution in [3.8, 4) is 0 Å². The molecule has 0 radical (unpaired) electrons. The molecule has 0 aliphatic rings.